The minimum absolute atomic E-state index is 0.585. The zero-order valence-electron chi connectivity index (χ0n) is 10.2. The van der Waals surface area contributed by atoms with Crippen LogP contribution in [0.3, 0.4) is 0 Å². The lowest BCUT2D eigenvalue weighted by molar-refractivity contribution is 0.443. The van der Waals surface area contributed by atoms with Crippen molar-refractivity contribution in [2.75, 3.05) is 12.3 Å². The van der Waals surface area contributed by atoms with Crippen LogP contribution in [0.5, 0.6) is 0 Å². The highest BCUT2D eigenvalue weighted by atomic mass is 79.9. The van der Waals surface area contributed by atoms with E-state index >= 15 is 0 Å². The summed E-state index contributed by atoms with van der Waals surface area (Å²) in [6.45, 7) is 7.75. The van der Waals surface area contributed by atoms with E-state index < -0.39 is 0 Å². The van der Waals surface area contributed by atoms with Gasteiger partial charge in [0, 0.05) is 21.2 Å². The highest BCUT2D eigenvalue weighted by Gasteiger charge is 2.12. The summed E-state index contributed by atoms with van der Waals surface area (Å²) in [6, 6.07) is 8.99. The Balaban J connectivity index is 2.52. The fourth-order valence-electron chi connectivity index (χ4n) is 1.49. The maximum absolute atomic E-state index is 3.58. The molecule has 0 heterocycles. The Kier molecular flexibility index (Phi) is 6.47. The molecule has 0 bridgehead atoms. The van der Waals surface area contributed by atoms with Crippen LogP contribution in [-0.4, -0.2) is 18.3 Å². The molecule has 0 aliphatic rings. The number of benzene rings is 1. The second-order valence-corrected chi connectivity index (χ2v) is 6.07. The molecule has 0 aromatic heterocycles. The summed E-state index contributed by atoms with van der Waals surface area (Å²) < 4.78 is 1.19. The van der Waals surface area contributed by atoms with Crippen LogP contribution in [0.25, 0.3) is 0 Å². The van der Waals surface area contributed by atoms with Crippen molar-refractivity contribution in [1.82, 2.24) is 5.32 Å². The van der Waals surface area contributed by atoms with E-state index in [9.17, 15) is 0 Å². The Bertz CT molecular complexity index is 315. The van der Waals surface area contributed by atoms with Crippen molar-refractivity contribution in [3.8, 4) is 0 Å². The molecule has 3 heteroatoms. The molecule has 90 valence electrons. The number of halogens is 1. The van der Waals surface area contributed by atoms with Crippen molar-refractivity contribution >= 4 is 27.7 Å². The molecule has 1 aromatic carbocycles. The standard InChI is InChI=1S/C13H20BrNS/c1-4-15-12(10(2)3)9-16-13-8-6-5-7-11(13)14/h5-8,10,12,15H,4,9H2,1-3H3. The monoisotopic (exact) mass is 301 g/mol. The van der Waals surface area contributed by atoms with Crippen molar-refractivity contribution in [1.29, 1.82) is 0 Å². The lowest BCUT2D eigenvalue weighted by Gasteiger charge is -2.21. The third kappa shape index (κ3) is 4.48. The molecule has 1 atom stereocenters. The summed E-state index contributed by atoms with van der Waals surface area (Å²) >= 11 is 5.50. The molecule has 0 fully saturated rings. The maximum atomic E-state index is 3.58. The van der Waals surface area contributed by atoms with Gasteiger partial charge in [0.1, 0.15) is 0 Å². The summed E-state index contributed by atoms with van der Waals surface area (Å²) in [5, 5.41) is 3.54. The molecule has 0 spiro atoms. The van der Waals surface area contributed by atoms with Gasteiger partial charge in [-0.05, 0) is 40.5 Å². The number of hydrogen-bond acceptors (Lipinski definition) is 2. The van der Waals surface area contributed by atoms with E-state index in [1.807, 2.05) is 11.8 Å². The van der Waals surface area contributed by atoms with Crippen LogP contribution < -0.4 is 5.32 Å². The highest BCUT2D eigenvalue weighted by molar-refractivity contribution is 9.10. The normalized spacial score (nSPS) is 13.1. The van der Waals surface area contributed by atoms with Crippen molar-refractivity contribution in [2.45, 2.75) is 31.7 Å². The van der Waals surface area contributed by atoms with Crippen LogP contribution in [0, 0.1) is 5.92 Å². The van der Waals surface area contributed by atoms with E-state index in [0.717, 1.165) is 12.3 Å². The molecule has 1 rings (SSSR count). The Morgan fingerprint density at radius 2 is 2.00 bits per heavy atom. The summed E-state index contributed by atoms with van der Waals surface area (Å²) in [6.07, 6.45) is 0. The van der Waals surface area contributed by atoms with Gasteiger partial charge in [-0.15, -0.1) is 11.8 Å². The first-order valence-corrected chi connectivity index (χ1v) is 7.53. The average molecular weight is 302 g/mol. The molecule has 0 aliphatic carbocycles. The summed E-state index contributed by atoms with van der Waals surface area (Å²) in [5.41, 5.74) is 0. The Morgan fingerprint density at radius 3 is 2.56 bits per heavy atom. The zero-order chi connectivity index (χ0) is 12.0. The van der Waals surface area contributed by atoms with Gasteiger partial charge in [0.2, 0.25) is 0 Å². The van der Waals surface area contributed by atoms with Crippen molar-refractivity contribution in [3.05, 3.63) is 28.7 Å². The average Bonchev–Trinajstić information content (AvgIpc) is 2.26. The van der Waals surface area contributed by atoms with E-state index in [0.29, 0.717) is 12.0 Å². The highest BCUT2D eigenvalue weighted by Crippen LogP contribution is 2.28. The number of hydrogen-bond donors (Lipinski definition) is 1. The smallest absolute Gasteiger partial charge is 0.0311 e. The Hall–Kier alpha value is 0.01000. The van der Waals surface area contributed by atoms with E-state index in [-0.39, 0.29) is 0 Å². The minimum atomic E-state index is 0.585. The molecule has 1 N–H and O–H groups in total. The summed E-state index contributed by atoms with van der Waals surface area (Å²) in [4.78, 5) is 1.33. The molecule has 1 aromatic rings. The molecule has 0 saturated carbocycles. The molecule has 0 amide bonds. The maximum Gasteiger partial charge on any atom is 0.0311 e. The van der Waals surface area contributed by atoms with Crippen molar-refractivity contribution < 1.29 is 0 Å². The first-order chi connectivity index (χ1) is 7.65. The predicted molar refractivity (Wildman–Crippen MR) is 77.2 cm³/mol. The van der Waals surface area contributed by atoms with Gasteiger partial charge in [0.05, 0.1) is 0 Å². The molecule has 1 nitrogen and oxygen atoms in total. The predicted octanol–water partition coefficient (Wildman–Crippen LogP) is 4.18. The topological polar surface area (TPSA) is 12.0 Å². The van der Waals surface area contributed by atoms with Gasteiger partial charge in [-0.1, -0.05) is 32.9 Å². The molecular weight excluding hydrogens is 282 g/mol. The number of rotatable bonds is 6. The molecule has 0 radical (unpaired) electrons. The Labute approximate surface area is 112 Å². The zero-order valence-corrected chi connectivity index (χ0v) is 12.6. The first-order valence-electron chi connectivity index (χ1n) is 5.75. The summed E-state index contributed by atoms with van der Waals surface area (Å²) in [5.74, 6) is 1.80. The SMILES string of the molecule is CCNC(CSc1ccccc1Br)C(C)C. The lowest BCUT2D eigenvalue weighted by Crippen LogP contribution is -2.35. The van der Waals surface area contributed by atoms with Gasteiger partial charge in [0.25, 0.3) is 0 Å². The van der Waals surface area contributed by atoms with E-state index in [2.05, 4.69) is 66.3 Å². The second kappa shape index (κ2) is 7.36. The second-order valence-electron chi connectivity index (χ2n) is 4.15. The van der Waals surface area contributed by atoms with Gasteiger partial charge in [-0.25, -0.2) is 0 Å². The van der Waals surface area contributed by atoms with Crippen molar-refractivity contribution in [3.63, 3.8) is 0 Å². The molecule has 0 saturated heterocycles. The van der Waals surface area contributed by atoms with Gasteiger partial charge >= 0.3 is 0 Å². The molecular formula is C13H20BrNS. The van der Waals surface area contributed by atoms with Crippen LogP contribution in [0.1, 0.15) is 20.8 Å². The number of nitrogens with one attached hydrogen (secondary N) is 1. The quantitative estimate of drug-likeness (QED) is 0.791. The van der Waals surface area contributed by atoms with Gasteiger partial charge in [0.15, 0.2) is 0 Å². The van der Waals surface area contributed by atoms with Crippen LogP contribution in [-0.2, 0) is 0 Å². The molecule has 0 aliphatic heterocycles. The third-order valence-corrected chi connectivity index (χ3v) is 4.67. The molecule has 1 unspecified atom stereocenters. The fraction of sp³-hybridized carbons (Fsp3) is 0.538. The molecule has 16 heavy (non-hydrogen) atoms. The van der Waals surface area contributed by atoms with Crippen LogP contribution in [0.15, 0.2) is 33.6 Å². The van der Waals surface area contributed by atoms with Crippen LogP contribution in [0.2, 0.25) is 0 Å². The summed E-state index contributed by atoms with van der Waals surface area (Å²) in [7, 11) is 0. The largest absolute Gasteiger partial charge is 0.313 e. The van der Waals surface area contributed by atoms with E-state index in [1.54, 1.807) is 0 Å². The third-order valence-electron chi connectivity index (χ3n) is 2.53. The fourth-order valence-corrected chi connectivity index (χ4v) is 3.36. The van der Waals surface area contributed by atoms with Crippen LogP contribution in [0.4, 0.5) is 0 Å². The van der Waals surface area contributed by atoms with Gasteiger partial charge < -0.3 is 5.32 Å². The van der Waals surface area contributed by atoms with E-state index in [4.69, 9.17) is 0 Å². The Morgan fingerprint density at radius 1 is 1.31 bits per heavy atom. The van der Waals surface area contributed by atoms with Gasteiger partial charge in [-0.3, -0.25) is 0 Å². The van der Waals surface area contributed by atoms with Gasteiger partial charge in [-0.2, -0.15) is 0 Å². The van der Waals surface area contributed by atoms with E-state index in [1.165, 1.54) is 9.37 Å². The van der Waals surface area contributed by atoms with Crippen LogP contribution >= 0.6 is 27.7 Å². The lowest BCUT2D eigenvalue weighted by atomic mass is 10.1. The first kappa shape index (κ1) is 14.1. The minimum Gasteiger partial charge on any atom is -0.313 e. The van der Waals surface area contributed by atoms with Crippen molar-refractivity contribution in [2.24, 2.45) is 5.92 Å². The number of thioether (sulfide) groups is 1.